The third-order valence-corrected chi connectivity index (χ3v) is 4.28. The molecule has 1 aliphatic heterocycles. The minimum Gasteiger partial charge on any atom is -0.356 e. The summed E-state index contributed by atoms with van der Waals surface area (Å²) in [5.74, 6) is 2.42. The monoisotopic (exact) mass is 289 g/mol. The van der Waals surface area contributed by atoms with Crippen LogP contribution in [0.5, 0.6) is 0 Å². The summed E-state index contributed by atoms with van der Waals surface area (Å²) in [7, 11) is 0. The maximum absolute atomic E-state index is 6.17. The van der Waals surface area contributed by atoms with Crippen molar-refractivity contribution in [1.82, 2.24) is 9.78 Å². The van der Waals surface area contributed by atoms with E-state index in [0.29, 0.717) is 5.88 Å². The predicted molar refractivity (Wildman–Crippen MR) is 83.9 cm³/mol. The Morgan fingerprint density at radius 2 is 2.05 bits per heavy atom. The minimum absolute atomic E-state index is 0.513. The van der Waals surface area contributed by atoms with Crippen molar-refractivity contribution in [2.45, 2.75) is 26.1 Å². The van der Waals surface area contributed by atoms with Crippen molar-refractivity contribution in [1.29, 1.82) is 0 Å². The van der Waals surface area contributed by atoms with E-state index in [1.54, 1.807) is 0 Å². The first-order chi connectivity index (χ1) is 9.70. The number of para-hydroxylation sites is 1. The van der Waals surface area contributed by atoms with Crippen molar-refractivity contribution >= 4 is 17.4 Å². The number of nitrogens with zero attached hydrogens (tertiary/aromatic N) is 3. The molecule has 1 aromatic heterocycles. The molecule has 0 bridgehead atoms. The second-order valence-corrected chi connectivity index (χ2v) is 5.88. The average Bonchev–Trinajstić information content (AvgIpc) is 3.03. The molecule has 1 fully saturated rings. The molecule has 0 amide bonds. The van der Waals surface area contributed by atoms with Gasteiger partial charge in [-0.1, -0.05) is 25.1 Å². The Labute approximate surface area is 125 Å². The lowest BCUT2D eigenvalue weighted by Crippen LogP contribution is -2.23. The number of alkyl halides is 1. The minimum atomic E-state index is 0.513. The van der Waals surface area contributed by atoms with Gasteiger partial charge in [0.25, 0.3) is 0 Å². The number of benzene rings is 1. The van der Waals surface area contributed by atoms with Crippen LogP contribution in [-0.2, 0) is 5.88 Å². The highest BCUT2D eigenvalue weighted by Gasteiger charge is 2.26. The van der Waals surface area contributed by atoms with Gasteiger partial charge < -0.3 is 4.90 Å². The smallest absolute Gasteiger partial charge is 0.137 e. The number of aryl methyl sites for hydroxylation is 1. The Morgan fingerprint density at radius 3 is 2.65 bits per heavy atom. The summed E-state index contributed by atoms with van der Waals surface area (Å²) in [4.78, 5) is 2.43. The van der Waals surface area contributed by atoms with Crippen LogP contribution in [0.15, 0.2) is 30.3 Å². The van der Waals surface area contributed by atoms with Gasteiger partial charge in [-0.2, -0.15) is 5.10 Å². The van der Waals surface area contributed by atoms with Crippen LogP contribution < -0.4 is 4.90 Å². The van der Waals surface area contributed by atoms with Gasteiger partial charge in [0.1, 0.15) is 5.82 Å². The fraction of sp³-hybridized carbons (Fsp3) is 0.438. The van der Waals surface area contributed by atoms with Gasteiger partial charge in [-0.25, -0.2) is 4.68 Å². The van der Waals surface area contributed by atoms with Crippen molar-refractivity contribution in [3.8, 4) is 5.69 Å². The second-order valence-electron chi connectivity index (χ2n) is 5.61. The first kappa shape index (κ1) is 13.5. The quantitative estimate of drug-likeness (QED) is 0.802. The lowest BCUT2D eigenvalue weighted by molar-refractivity contribution is 0.657. The van der Waals surface area contributed by atoms with Gasteiger partial charge in [0.15, 0.2) is 0 Å². The van der Waals surface area contributed by atoms with Crippen LogP contribution in [0, 0.1) is 12.8 Å². The molecule has 0 aliphatic carbocycles. The van der Waals surface area contributed by atoms with Crippen LogP contribution in [0.25, 0.3) is 5.69 Å². The summed E-state index contributed by atoms with van der Waals surface area (Å²) in [5.41, 5.74) is 3.28. The molecule has 0 saturated carbocycles. The molecule has 106 valence electrons. The molecule has 4 heteroatoms. The fourth-order valence-corrected chi connectivity index (χ4v) is 3.22. The molecule has 2 heterocycles. The standard InChI is InChI=1S/C16H20ClN3/c1-12-8-9-19(11-12)16-15(10-17)13(2)18-20(16)14-6-4-3-5-7-14/h3-7,12H,8-11H2,1-2H3. The molecule has 2 aromatic rings. The second kappa shape index (κ2) is 5.49. The van der Waals surface area contributed by atoms with Crippen LogP contribution in [0.2, 0.25) is 0 Å². The summed E-state index contributed by atoms with van der Waals surface area (Å²) in [6.07, 6.45) is 1.24. The van der Waals surface area contributed by atoms with Gasteiger partial charge in [0, 0.05) is 18.7 Å². The first-order valence-corrected chi connectivity index (χ1v) is 7.69. The molecule has 0 spiro atoms. The zero-order valence-electron chi connectivity index (χ0n) is 12.0. The molecule has 1 aromatic carbocycles. The molecule has 1 unspecified atom stereocenters. The van der Waals surface area contributed by atoms with E-state index in [9.17, 15) is 0 Å². The van der Waals surface area contributed by atoms with Gasteiger partial charge in [0.05, 0.1) is 17.3 Å². The lowest BCUT2D eigenvalue weighted by atomic mass is 10.2. The highest BCUT2D eigenvalue weighted by atomic mass is 35.5. The van der Waals surface area contributed by atoms with E-state index in [1.165, 1.54) is 12.2 Å². The van der Waals surface area contributed by atoms with E-state index >= 15 is 0 Å². The molecule has 3 rings (SSSR count). The average molecular weight is 290 g/mol. The van der Waals surface area contributed by atoms with Crippen LogP contribution in [0.3, 0.4) is 0 Å². The zero-order valence-corrected chi connectivity index (χ0v) is 12.8. The van der Waals surface area contributed by atoms with Gasteiger partial charge >= 0.3 is 0 Å². The van der Waals surface area contributed by atoms with Gasteiger partial charge in [0.2, 0.25) is 0 Å². The van der Waals surface area contributed by atoms with Gasteiger partial charge in [-0.05, 0) is 31.4 Å². The molecule has 1 atom stereocenters. The predicted octanol–water partition coefficient (Wildman–Crippen LogP) is 3.77. The Kier molecular flexibility index (Phi) is 3.70. The van der Waals surface area contributed by atoms with E-state index in [0.717, 1.165) is 36.0 Å². The Morgan fingerprint density at radius 1 is 1.30 bits per heavy atom. The third-order valence-electron chi connectivity index (χ3n) is 4.02. The van der Waals surface area contributed by atoms with Crippen LogP contribution >= 0.6 is 11.6 Å². The maximum atomic E-state index is 6.17. The third kappa shape index (κ3) is 2.31. The summed E-state index contributed by atoms with van der Waals surface area (Å²) in [6.45, 7) is 6.52. The molecule has 3 nitrogen and oxygen atoms in total. The van der Waals surface area contributed by atoms with E-state index in [4.69, 9.17) is 16.7 Å². The molecule has 0 radical (unpaired) electrons. The molecule has 1 aliphatic rings. The SMILES string of the molecule is Cc1nn(-c2ccccc2)c(N2CCC(C)C2)c1CCl. The number of rotatable bonds is 3. The Bertz CT molecular complexity index is 591. The zero-order chi connectivity index (χ0) is 14.1. The molecule has 20 heavy (non-hydrogen) atoms. The number of hydrogen-bond acceptors (Lipinski definition) is 2. The van der Waals surface area contributed by atoms with E-state index in [2.05, 4.69) is 24.0 Å². The van der Waals surface area contributed by atoms with Crippen molar-refractivity contribution in [2.24, 2.45) is 5.92 Å². The van der Waals surface area contributed by atoms with Crippen molar-refractivity contribution < 1.29 is 0 Å². The van der Waals surface area contributed by atoms with Gasteiger partial charge in [-0.15, -0.1) is 11.6 Å². The van der Waals surface area contributed by atoms with Crippen molar-refractivity contribution in [2.75, 3.05) is 18.0 Å². The molecule has 0 N–H and O–H groups in total. The number of hydrogen-bond donors (Lipinski definition) is 0. The van der Waals surface area contributed by atoms with Crippen LogP contribution in [-0.4, -0.2) is 22.9 Å². The summed E-state index contributed by atoms with van der Waals surface area (Å²) in [5, 5.41) is 4.71. The summed E-state index contributed by atoms with van der Waals surface area (Å²) < 4.78 is 2.05. The molecular weight excluding hydrogens is 270 g/mol. The molecule has 1 saturated heterocycles. The van der Waals surface area contributed by atoms with Gasteiger partial charge in [-0.3, -0.25) is 0 Å². The van der Waals surface area contributed by atoms with Crippen molar-refractivity contribution in [3.63, 3.8) is 0 Å². The van der Waals surface area contributed by atoms with Crippen LogP contribution in [0.1, 0.15) is 24.6 Å². The fourth-order valence-electron chi connectivity index (χ4n) is 2.91. The normalized spacial score (nSPS) is 18.8. The Hall–Kier alpha value is -1.48. The largest absolute Gasteiger partial charge is 0.356 e. The number of aromatic nitrogens is 2. The molecular formula is C16H20ClN3. The summed E-state index contributed by atoms with van der Waals surface area (Å²) >= 11 is 6.17. The van der Waals surface area contributed by atoms with E-state index in [1.807, 2.05) is 29.8 Å². The summed E-state index contributed by atoms with van der Waals surface area (Å²) in [6, 6.07) is 10.3. The van der Waals surface area contributed by atoms with E-state index in [-0.39, 0.29) is 0 Å². The topological polar surface area (TPSA) is 21.1 Å². The highest BCUT2D eigenvalue weighted by molar-refractivity contribution is 6.17. The highest BCUT2D eigenvalue weighted by Crippen LogP contribution is 2.32. The lowest BCUT2D eigenvalue weighted by Gasteiger charge is -2.21. The Balaban J connectivity index is 2.10. The van der Waals surface area contributed by atoms with Crippen molar-refractivity contribution in [3.05, 3.63) is 41.6 Å². The number of anilines is 1. The van der Waals surface area contributed by atoms with Crippen LogP contribution in [0.4, 0.5) is 5.82 Å². The van der Waals surface area contributed by atoms with E-state index < -0.39 is 0 Å². The first-order valence-electron chi connectivity index (χ1n) is 7.15. The number of halogens is 1. The maximum Gasteiger partial charge on any atom is 0.137 e.